The number of hydrogen-bond donors (Lipinski definition) is 1. The van der Waals surface area contributed by atoms with E-state index < -0.39 is 0 Å². The van der Waals surface area contributed by atoms with Crippen molar-refractivity contribution in [2.75, 3.05) is 17.5 Å². The molecule has 0 aliphatic heterocycles. The molecule has 1 rings (SSSR count). The first-order valence-electron chi connectivity index (χ1n) is 3.76. The van der Waals surface area contributed by atoms with Crippen molar-refractivity contribution >= 4 is 35.0 Å². The summed E-state index contributed by atoms with van der Waals surface area (Å²) in [6.07, 6.45) is 1.99. The van der Waals surface area contributed by atoms with E-state index in [-0.39, 0.29) is 11.8 Å². The first-order valence-corrected chi connectivity index (χ1v) is 5.52. The van der Waals surface area contributed by atoms with E-state index in [1.54, 1.807) is 11.8 Å². The van der Waals surface area contributed by atoms with Crippen LogP contribution in [-0.4, -0.2) is 18.0 Å². The Morgan fingerprint density at radius 2 is 2.38 bits per heavy atom. The molecule has 0 saturated carbocycles. The average Bonchev–Trinajstić information content (AvgIpc) is 2.18. The second-order valence-electron chi connectivity index (χ2n) is 2.41. The topological polar surface area (TPSA) is 29.1 Å². The summed E-state index contributed by atoms with van der Waals surface area (Å²) < 4.78 is 0. The Bertz CT molecular complexity index is 303. The third-order valence-electron chi connectivity index (χ3n) is 1.47. The highest BCUT2D eigenvalue weighted by Gasteiger charge is 1.99. The first kappa shape index (κ1) is 10.4. The third kappa shape index (κ3) is 3.28. The van der Waals surface area contributed by atoms with Gasteiger partial charge < -0.3 is 5.32 Å². The number of carbonyl (C=O) groups excluding carboxylic acids is 1. The smallest absolute Gasteiger partial charge is 0.239 e. The third-order valence-corrected chi connectivity index (χ3v) is 2.44. The number of amides is 1. The maximum absolute atomic E-state index is 10.9. The molecular weight excluding hydrogens is 206 g/mol. The standard InChI is InChI=1S/C9H10ClNOS/c1-13-8-4-2-3-7(5-8)11-9(12)6-10/h2-5H,6H2,1H3,(H,11,12). The highest BCUT2D eigenvalue weighted by Crippen LogP contribution is 2.18. The Labute approximate surface area is 86.7 Å². The van der Waals surface area contributed by atoms with E-state index >= 15 is 0 Å². The largest absolute Gasteiger partial charge is 0.325 e. The molecule has 4 heteroatoms. The molecule has 0 atom stereocenters. The van der Waals surface area contributed by atoms with Crippen LogP contribution in [0.4, 0.5) is 5.69 Å². The van der Waals surface area contributed by atoms with Gasteiger partial charge in [0.1, 0.15) is 5.88 Å². The molecule has 0 aliphatic rings. The number of hydrogen-bond acceptors (Lipinski definition) is 2. The van der Waals surface area contributed by atoms with Crippen molar-refractivity contribution in [1.82, 2.24) is 0 Å². The van der Waals surface area contributed by atoms with E-state index in [4.69, 9.17) is 11.6 Å². The normalized spacial score (nSPS) is 9.69. The summed E-state index contributed by atoms with van der Waals surface area (Å²) in [7, 11) is 0. The number of anilines is 1. The monoisotopic (exact) mass is 215 g/mol. The molecule has 1 aromatic carbocycles. The minimum absolute atomic E-state index is 0.0104. The number of thioether (sulfide) groups is 1. The zero-order chi connectivity index (χ0) is 9.68. The van der Waals surface area contributed by atoms with Crippen LogP contribution in [0.25, 0.3) is 0 Å². The number of halogens is 1. The molecule has 0 spiro atoms. The van der Waals surface area contributed by atoms with Crippen LogP contribution in [0.1, 0.15) is 0 Å². The van der Waals surface area contributed by atoms with E-state index in [0.29, 0.717) is 0 Å². The fourth-order valence-corrected chi connectivity index (χ4v) is 1.42. The molecule has 0 aromatic heterocycles. The van der Waals surface area contributed by atoms with Gasteiger partial charge in [-0.05, 0) is 24.5 Å². The van der Waals surface area contributed by atoms with Crippen LogP contribution in [-0.2, 0) is 4.79 Å². The molecule has 0 heterocycles. The van der Waals surface area contributed by atoms with Gasteiger partial charge in [-0.25, -0.2) is 0 Å². The zero-order valence-corrected chi connectivity index (χ0v) is 8.78. The summed E-state index contributed by atoms with van der Waals surface area (Å²) in [5.74, 6) is -0.191. The van der Waals surface area contributed by atoms with Gasteiger partial charge in [-0.1, -0.05) is 6.07 Å². The maximum Gasteiger partial charge on any atom is 0.239 e. The number of rotatable bonds is 3. The predicted octanol–water partition coefficient (Wildman–Crippen LogP) is 2.59. The van der Waals surface area contributed by atoms with Crippen molar-refractivity contribution in [3.8, 4) is 0 Å². The van der Waals surface area contributed by atoms with Crippen LogP contribution >= 0.6 is 23.4 Å². The molecule has 1 aromatic rings. The Morgan fingerprint density at radius 3 is 3.00 bits per heavy atom. The number of nitrogens with one attached hydrogen (secondary N) is 1. The van der Waals surface area contributed by atoms with E-state index in [1.807, 2.05) is 30.5 Å². The maximum atomic E-state index is 10.9. The van der Waals surface area contributed by atoms with Gasteiger partial charge in [-0.3, -0.25) is 4.79 Å². The lowest BCUT2D eigenvalue weighted by Crippen LogP contribution is -2.12. The van der Waals surface area contributed by atoms with Crippen LogP contribution in [0.2, 0.25) is 0 Å². The fourth-order valence-electron chi connectivity index (χ4n) is 0.895. The van der Waals surface area contributed by atoms with Crippen molar-refractivity contribution < 1.29 is 4.79 Å². The summed E-state index contributed by atoms with van der Waals surface area (Å²) in [6, 6.07) is 7.63. The quantitative estimate of drug-likeness (QED) is 0.620. The van der Waals surface area contributed by atoms with Crippen molar-refractivity contribution in [1.29, 1.82) is 0 Å². The van der Waals surface area contributed by atoms with Gasteiger partial charge in [-0.2, -0.15) is 0 Å². The van der Waals surface area contributed by atoms with E-state index in [0.717, 1.165) is 10.6 Å². The van der Waals surface area contributed by atoms with Crippen molar-refractivity contribution in [3.05, 3.63) is 24.3 Å². The summed E-state index contributed by atoms with van der Waals surface area (Å²) in [5.41, 5.74) is 0.789. The van der Waals surface area contributed by atoms with Gasteiger partial charge in [0, 0.05) is 10.6 Å². The number of alkyl halides is 1. The Balaban J connectivity index is 2.71. The van der Waals surface area contributed by atoms with Crippen molar-refractivity contribution in [2.45, 2.75) is 4.90 Å². The molecule has 0 unspecified atom stereocenters. The second-order valence-corrected chi connectivity index (χ2v) is 3.56. The van der Waals surface area contributed by atoms with Crippen LogP contribution < -0.4 is 5.32 Å². The Morgan fingerprint density at radius 1 is 1.62 bits per heavy atom. The minimum Gasteiger partial charge on any atom is -0.325 e. The molecule has 0 saturated heterocycles. The average molecular weight is 216 g/mol. The van der Waals surface area contributed by atoms with Gasteiger partial charge in [0.2, 0.25) is 5.91 Å². The van der Waals surface area contributed by atoms with Gasteiger partial charge in [-0.15, -0.1) is 23.4 Å². The van der Waals surface area contributed by atoms with Crippen LogP contribution in [0, 0.1) is 0 Å². The molecule has 13 heavy (non-hydrogen) atoms. The molecule has 1 amide bonds. The predicted molar refractivity (Wildman–Crippen MR) is 57.6 cm³/mol. The number of benzene rings is 1. The Kier molecular flexibility index (Phi) is 4.12. The molecule has 1 N–H and O–H groups in total. The van der Waals surface area contributed by atoms with E-state index in [9.17, 15) is 4.79 Å². The Hall–Kier alpha value is -0.670. The summed E-state index contributed by atoms with van der Waals surface area (Å²) in [5, 5.41) is 2.68. The SMILES string of the molecule is CSc1cccc(NC(=O)CCl)c1. The fraction of sp³-hybridized carbons (Fsp3) is 0.222. The lowest BCUT2D eigenvalue weighted by molar-refractivity contribution is -0.113. The molecule has 0 fully saturated rings. The lowest BCUT2D eigenvalue weighted by atomic mass is 10.3. The molecule has 0 radical (unpaired) electrons. The first-order chi connectivity index (χ1) is 6.26. The van der Waals surface area contributed by atoms with Crippen LogP contribution in [0.5, 0.6) is 0 Å². The summed E-state index contributed by atoms with van der Waals surface area (Å²) >= 11 is 6.99. The molecule has 0 aliphatic carbocycles. The van der Waals surface area contributed by atoms with Crippen molar-refractivity contribution in [3.63, 3.8) is 0 Å². The molecule has 0 bridgehead atoms. The van der Waals surface area contributed by atoms with Gasteiger partial charge in [0.15, 0.2) is 0 Å². The highest BCUT2D eigenvalue weighted by atomic mass is 35.5. The molecular formula is C9H10ClNOS. The van der Waals surface area contributed by atoms with Crippen molar-refractivity contribution in [2.24, 2.45) is 0 Å². The van der Waals surface area contributed by atoms with Gasteiger partial charge in [0.25, 0.3) is 0 Å². The van der Waals surface area contributed by atoms with E-state index in [2.05, 4.69) is 5.32 Å². The highest BCUT2D eigenvalue weighted by molar-refractivity contribution is 7.98. The minimum atomic E-state index is -0.181. The summed E-state index contributed by atoms with van der Waals surface area (Å²) in [4.78, 5) is 12.0. The number of carbonyl (C=O) groups is 1. The second kappa shape index (κ2) is 5.14. The van der Waals surface area contributed by atoms with Crippen LogP contribution in [0.15, 0.2) is 29.2 Å². The molecule has 2 nitrogen and oxygen atoms in total. The van der Waals surface area contributed by atoms with Gasteiger partial charge >= 0.3 is 0 Å². The zero-order valence-electron chi connectivity index (χ0n) is 7.21. The molecule has 70 valence electrons. The van der Waals surface area contributed by atoms with E-state index in [1.165, 1.54) is 0 Å². The lowest BCUT2D eigenvalue weighted by Gasteiger charge is -2.03. The van der Waals surface area contributed by atoms with Gasteiger partial charge in [0.05, 0.1) is 0 Å². The van der Waals surface area contributed by atoms with Crippen LogP contribution in [0.3, 0.4) is 0 Å². The summed E-state index contributed by atoms with van der Waals surface area (Å²) in [6.45, 7) is 0.